The van der Waals surface area contributed by atoms with Crippen LogP contribution in [0.15, 0.2) is 24.7 Å². The average molecular weight is 284 g/mol. The van der Waals surface area contributed by atoms with Gasteiger partial charge in [-0.3, -0.25) is 19.2 Å². The zero-order valence-corrected chi connectivity index (χ0v) is 11.2. The lowest BCUT2D eigenvalue weighted by molar-refractivity contribution is -0.139. The molecule has 2 N–H and O–H groups in total. The van der Waals surface area contributed by atoms with Gasteiger partial charge < -0.3 is 20.1 Å². The minimum atomic E-state index is -0.835. The van der Waals surface area contributed by atoms with Crippen LogP contribution in [0.4, 0.5) is 0 Å². The van der Waals surface area contributed by atoms with Gasteiger partial charge in [-0.15, -0.1) is 0 Å². The quantitative estimate of drug-likeness (QED) is 0.382. The number of esters is 2. The van der Waals surface area contributed by atoms with Crippen molar-refractivity contribution in [1.29, 1.82) is 0 Å². The second-order valence-corrected chi connectivity index (χ2v) is 3.38. The van der Waals surface area contributed by atoms with Gasteiger partial charge >= 0.3 is 23.8 Å². The Bertz CT molecular complexity index is 388. The predicted octanol–water partition coefficient (Wildman–Crippen LogP) is -0.628. The van der Waals surface area contributed by atoms with Crippen molar-refractivity contribution < 1.29 is 28.7 Å². The van der Waals surface area contributed by atoms with Gasteiger partial charge in [0.25, 0.3) is 0 Å². The molecule has 0 fully saturated rings. The Labute approximate surface area is 115 Å². The first-order valence-electron chi connectivity index (χ1n) is 5.64. The van der Waals surface area contributed by atoms with E-state index in [1.54, 1.807) is 0 Å². The fourth-order valence-corrected chi connectivity index (χ4v) is 0.848. The van der Waals surface area contributed by atoms with Crippen molar-refractivity contribution in [3.63, 3.8) is 0 Å². The van der Waals surface area contributed by atoms with E-state index in [1.165, 1.54) is 26.0 Å². The first-order chi connectivity index (χ1) is 9.43. The minimum absolute atomic E-state index is 0.0445. The molecule has 0 aliphatic heterocycles. The summed E-state index contributed by atoms with van der Waals surface area (Å²) in [6, 6.07) is 0. The van der Waals surface area contributed by atoms with Gasteiger partial charge in [0.2, 0.25) is 0 Å². The molecule has 0 aromatic heterocycles. The lowest BCUT2D eigenvalue weighted by atomic mass is 10.5. The summed E-state index contributed by atoms with van der Waals surface area (Å²) in [6.07, 6.45) is 4.96. The molecule has 0 saturated heterocycles. The summed E-state index contributed by atoms with van der Waals surface area (Å²) in [7, 11) is 0. The highest BCUT2D eigenvalue weighted by Gasteiger charge is 2.10. The third-order valence-electron chi connectivity index (χ3n) is 1.63. The van der Waals surface area contributed by atoms with E-state index in [4.69, 9.17) is 0 Å². The molecule has 110 valence electrons. The van der Waals surface area contributed by atoms with Gasteiger partial charge in [-0.1, -0.05) is 0 Å². The van der Waals surface area contributed by atoms with Gasteiger partial charge in [0.1, 0.15) is 0 Å². The highest BCUT2D eigenvalue weighted by Crippen LogP contribution is 1.80. The van der Waals surface area contributed by atoms with E-state index >= 15 is 0 Å². The summed E-state index contributed by atoms with van der Waals surface area (Å²) in [4.78, 5) is 43.3. The molecule has 8 nitrogen and oxygen atoms in total. The van der Waals surface area contributed by atoms with Gasteiger partial charge in [0.15, 0.2) is 0 Å². The van der Waals surface area contributed by atoms with Crippen molar-refractivity contribution in [2.45, 2.75) is 13.8 Å². The Morgan fingerprint density at radius 1 is 0.800 bits per heavy atom. The summed E-state index contributed by atoms with van der Waals surface area (Å²) >= 11 is 0. The number of carbonyl (C=O) groups is 4. The van der Waals surface area contributed by atoms with E-state index in [1.807, 2.05) is 0 Å². The second-order valence-electron chi connectivity index (χ2n) is 3.38. The number of carbonyl (C=O) groups excluding carboxylic acids is 4. The summed E-state index contributed by atoms with van der Waals surface area (Å²) in [5, 5.41) is 4.55. The van der Waals surface area contributed by atoms with Crippen molar-refractivity contribution in [2.24, 2.45) is 0 Å². The van der Waals surface area contributed by atoms with Crippen LogP contribution < -0.4 is 10.6 Å². The first kappa shape index (κ1) is 17.4. The number of hydrogen-bond donors (Lipinski definition) is 2. The van der Waals surface area contributed by atoms with Crippen LogP contribution in [0.5, 0.6) is 0 Å². The van der Waals surface area contributed by atoms with Gasteiger partial charge in [-0.2, -0.15) is 0 Å². The van der Waals surface area contributed by atoms with Crippen molar-refractivity contribution in [2.75, 3.05) is 13.1 Å². The largest absolute Gasteiger partial charge is 0.435 e. The third-order valence-corrected chi connectivity index (χ3v) is 1.63. The number of rotatable bonds is 6. The van der Waals surface area contributed by atoms with E-state index in [0.29, 0.717) is 0 Å². The Morgan fingerprint density at radius 2 is 1.15 bits per heavy atom. The first-order valence-corrected chi connectivity index (χ1v) is 5.64. The monoisotopic (exact) mass is 284 g/mol. The molecule has 0 spiro atoms. The van der Waals surface area contributed by atoms with Crippen molar-refractivity contribution in [1.82, 2.24) is 10.6 Å². The van der Waals surface area contributed by atoms with E-state index in [0.717, 1.165) is 12.5 Å². The lowest BCUT2D eigenvalue weighted by Crippen LogP contribution is -2.40. The van der Waals surface area contributed by atoms with Crippen LogP contribution in [0.2, 0.25) is 0 Å². The van der Waals surface area contributed by atoms with Gasteiger partial charge in [-0.25, -0.2) is 0 Å². The number of ether oxygens (including phenoxy) is 2. The molecule has 0 aliphatic carbocycles. The summed E-state index contributed by atoms with van der Waals surface area (Å²) in [6.45, 7) is 2.56. The Hall–Kier alpha value is -2.64. The van der Waals surface area contributed by atoms with Crippen molar-refractivity contribution in [3.8, 4) is 0 Å². The Kier molecular flexibility index (Phi) is 8.94. The van der Waals surface area contributed by atoms with Gasteiger partial charge in [-0.05, 0) is 12.2 Å². The zero-order chi connectivity index (χ0) is 15.4. The molecule has 0 aromatic carbocycles. The van der Waals surface area contributed by atoms with Crippen LogP contribution >= 0.6 is 0 Å². The molecule has 0 aromatic rings. The normalized spacial score (nSPS) is 10.3. The van der Waals surface area contributed by atoms with Crippen LogP contribution in [-0.4, -0.2) is 36.8 Å². The smallest absolute Gasteiger partial charge is 0.309 e. The predicted molar refractivity (Wildman–Crippen MR) is 67.8 cm³/mol. The number of hydrogen-bond acceptors (Lipinski definition) is 6. The Balaban J connectivity index is 3.79. The van der Waals surface area contributed by atoms with Crippen LogP contribution in [-0.2, 0) is 28.7 Å². The van der Waals surface area contributed by atoms with Crippen molar-refractivity contribution >= 4 is 23.8 Å². The summed E-state index contributed by atoms with van der Waals surface area (Å²) in [5.41, 5.74) is 0. The molecular weight excluding hydrogens is 268 g/mol. The van der Waals surface area contributed by atoms with Crippen LogP contribution in [0, 0.1) is 0 Å². The molecule has 0 heterocycles. The van der Waals surface area contributed by atoms with E-state index in [9.17, 15) is 19.2 Å². The number of amides is 2. The SMILES string of the molecule is CC(=O)OC=CCNC(=O)C(=O)NCC=COC(C)=O. The molecule has 0 rings (SSSR count). The molecule has 0 aliphatic rings. The van der Waals surface area contributed by atoms with E-state index in [2.05, 4.69) is 20.1 Å². The highest BCUT2D eigenvalue weighted by atomic mass is 16.5. The average Bonchev–Trinajstić information content (AvgIpc) is 2.36. The van der Waals surface area contributed by atoms with Crippen LogP contribution in [0.1, 0.15) is 13.8 Å². The molecule has 0 unspecified atom stereocenters. The highest BCUT2D eigenvalue weighted by molar-refractivity contribution is 6.35. The maximum absolute atomic E-state index is 11.2. The lowest BCUT2D eigenvalue weighted by Gasteiger charge is -2.02. The Morgan fingerprint density at radius 3 is 1.45 bits per heavy atom. The second kappa shape index (κ2) is 10.3. The minimum Gasteiger partial charge on any atom is -0.435 e. The van der Waals surface area contributed by atoms with Gasteiger partial charge in [0.05, 0.1) is 12.5 Å². The topological polar surface area (TPSA) is 111 Å². The number of nitrogens with one attached hydrogen (secondary N) is 2. The van der Waals surface area contributed by atoms with Crippen LogP contribution in [0.25, 0.3) is 0 Å². The molecule has 0 atom stereocenters. The van der Waals surface area contributed by atoms with E-state index in [-0.39, 0.29) is 13.1 Å². The molecule has 2 amide bonds. The molecule has 0 radical (unpaired) electrons. The third kappa shape index (κ3) is 10.5. The molecule has 0 saturated carbocycles. The maximum atomic E-state index is 11.2. The zero-order valence-electron chi connectivity index (χ0n) is 11.2. The fourth-order valence-electron chi connectivity index (χ4n) is 0.848. The maximum Gasteiger partial charge on any atom is 0.309 e. The van der Waals surface area contributed by atoms with Crippen molar-refractivity contribution in [3.05, 3.63) is 24.7 Å². The summed E-state index contributed by atoms with van der Waals surface area (Å²) < 4.78 is 8.95. The standard InChI is InChI=1S/C12H16N2O6/c1-9(15)19-7-3-5-13-11(17)12(18)14-6-4-8-20-10(2)16/h3-4,7-8H,5-6H2,1-2H3,(H,13,17)(H,14,18). The fraction of sp³-hybridized carbons (Fsp3) is 0.333. The van der Waals surface area contributed by atoms with Crippen LogP contribution in [0.3, 0.4) is 0 Å². The molecule has 0 bridgehead atoms. The molecular formula is C12H16N2O6. The molecule has 20 heavy (non-hydrogen) atoms. The van der Waals surface area contributed by atoms with Gasteiger partial charge in [0, 0.05) is 26.9 Å². The van der Waals surface area contributed by atoms with E-state index < -0.39 is 23.8 Å². The summed E-state index contributed by atoms with van der Waals surface area (Å²) in [5.74, 6) is -2.63. The molecule has 8 heteroatoms.